The van der Waals surface area contributed by atoms with Gasteiger partial charge in [0.25, 0.3) is 5.91 Å². The second-order valence-electron chi connectivity index (χ2n) is 6.69. The van der Waals surface area contributed by atoms with Crippen molar-refractivity contribution in [1.29, 1.82) is 0 Å². The van der Waals surface area contributed by atoms with E-state index in [0.29, 0.717) is 5.69 Å². The molecule has 1 aliphatic rings. The molecule has 1 fully saturated rings. The SMILES string of the molecule is Cc1ccc(S(=O)(=O)NCc2cc(C(N)=O)no2)c(NCCC(=O)NC2CC2)n1. The minimum atomic E-state index is -3.96. The number of nitrogens with two attached hydrogens (primary N) is 1. The molecule has 1 aliphatic carbocycles. The maximum absolute atomic E-state index is 12.7. The Bertz CT molecular complexity index is 1020. The lowest BCUT2D eigenvalue weighted by Gasteiger charge is -2.13. The Morgan fingerprint density at radius 3 is 2.72 bits per heavy atom. The summed E-state index contributed by atoms with van der Waals surface area (Å²) in [4.78, 5) is 27.0. The summed E-state index contributed by atoms with van der Waals surface area (Å²) in [7, 11) is -3.96. The van der Waals surface area contributed by atoms with Crippen LogP contribution in [-0.2, 0) is 21.4 Å². The van der Waals surface area contributed by atoms with E-state index in [1.54, 1.807) is 13.0 Å². The van der Waals surface area contributed by atoms with Gasteiger partial charge in [-0.1, -0.05) is 5.16 Å². The second-order valence-corrected chi connectivity index (χ2v) is 8.42. The Morgan fingerprint density at radius 1 is 1.31 bits per heavy atom. The van der Waals surface area contributed by atoms with Crippen LogP contribution in [0.5, 0.6) is 0 Å². The molecule has 0 saturated heterocycles. The Kier molecular flexibility index (Phi) is 6.13. The number of rotatable bonds is 10. The summed E-state index contributed by atoms with van der Waals surface area (Å²) in [6.07, 6.45) is 2.20. The largest absolute Gasteiger partial charge is 0.368 e. The van der Waals surface area contributed by atoms with Crippen LogP contribution in [-0.4, -0.2) is 43.0 Å². The third-order valence-corrected chi connectivity index (χ3v) is 5.55. The summed E-state index contributed by atoms with van der Waals surface area (Å²) in [5, 5.41) is 9.23. The predicted molar refractivity (Wildman–Crippen MR) is 102 cm³/mol. The lowest BCUT2D eigenvalue weighted by atomic mass is 10.3. The monoisotopic (exact) mass is 422 g/mol. The number of nitrogens with one attached hydrogen (secondary N) is 3. The zero-order valence-corrected chi connectivity index (χ0v) is 16.6. The number of nitrogens with zero attached hydrogens (tertiary/aromatic N) is 2. The van der Waals surface area contributed by atoms with Gasteiger partial charge in [-0.15, -0.1) is 0 Å². The maximum Gasteiger partial charge on any atom is 0.270 e. The first-order valence-electron chi connectivity index (χ1n) is 9.00. The van der Waals surface area contributed by atoms with Gasteiger partial charge in [-0.05, 0) is 31.9 Å². The normalized spacial score (nSPS) is 13.8. The van der Waals surface area contributed by atoms with E-state index in [1.807, 2.05) is 0 Å². The summed E-state index contributed by atoms with van der Waals surface area (Å²) >= 11 is 0. The van der Waals surface area contributed by atoms with Crippen LogP contribution in [0.15, 0.2) is 27.6 Å². The summed E-state index contributed by atoms with van der Waals surface area (Å²) in [6, 6.07) is 4.52. The number of aryl methyl sites for hydroxylation is 1. The number of hydrogen-bond donors (Lipinski definition) is 4. The number of pyridine rings is 1. The lowest BCUT2D eigenvalue weighted by Crippen LogP contribution is -2.28. The third-order valence-electron chi connectivity index (χ3n) is 4.12. The minimum Gasteiger partial charge on any atom is -0.368 e. The highest BCUT2D eigenvalue weighted by Gasteiger charge is 2.24. The average molecular weight is 422 g/mol. The van der Waals surface area contributed by atoms with E-state index in [1.165, 1.54) is 12.1 Å². The number of hydrogen-bond acceptors (Lipinski definition) is 8. The highest BCUT2D eigenvalue weighted by molar-refractivity contribution is 7.89. The van der Waals surface area contributed by atoms with Crippen molar-refractivity contribution >= 4 is 27.7 Å². The highest BCUT2D eigenvalue weighted by Crippen LogP contribution is 2.21. The van der Waals surface area contributed by atoms with E-state index in [4.69, 9.17) is 10.3 Å². The molecule has 1 saturated carbocycles. The number of amides is 2. The Balaban J connectivity index is 1.65. The van der Waals surface area contributed by atoms with E-state index in [-0.39, 0.29) is 53.6 Å². The van der Waals surface area contributed by atoms with Gasteiger partial charge in [0.05, 0.1) is 6.54 Å². The van der Waals surface area contributed by atoms with Crippen molar-refractivity contribution in [2.45, 2.75) is 43.7 Å². The van der Waals surface area contributed by atoms with E-state index in [2.05, 4.69) is 25.5 Å². The number of carbonyl (C=O) groups is 2. The predicted octanol–water partition coefficient (Wildman–Crippen LogP) is 0.0360. The van der Waals surface area contributed by atoms with Crippen LogP contribution >= 0.6 is 0 Å². The zero-order valence-electron chi connectivity index (χ0n) is 15.8. The molecule has 2 aromatic rings. The topological polar surface area (TPSA) is 169 Å². The molecule has 0 radical (unpaired) electrons. The summed E-state index contributed by atoms with van der Waals surface area (Å²) < 4.78 is 32.7. The first kappa shape index (κ1) is 20.7. The Labute approximate surface area is 167 Å². The first-order chi connectivity index (χ1) is 13.7. The lowest BCUT2D eigenvalue weighted by molar-refractivity contribution is -0.120. The highest BCUT2D eigenvalue weighted by atomic mass is 32.2. The van der Waals surface area contributed by atoms with Crippen LogP contribution in [0.4, 0.5) is 5.82 Å². The van der Waals surface area contributed by atoms with Crippen LogP contribution in [0.25, 0.3) is 0 Å². The molecule has 0 atom stereocenters. The third kappa shape index (κ3) is 5.74. The van der Waals surface area contributed by atoms with E-state index < -0.39 is 15.9 Å². The molecule has 156 valence electrons. The molecule has 0 aliphatic heterocycles. The van der Waals surface area contributed by atoms with Gasteiger partial charge in [0.1, 0.15) is 10.7 Å². The second kappa shape index (κ2) is 8.57. The van der Waals surface area contributed by atoms with E-state index in [0.717, 1.165) is 12.8 Å². The first-order valence-corrected chi connectivity index (χ1v) is 10.5. The number of aromatic nitrogens is 2. The van der Waals surface area contributed by atoms with Crippen molar-refractivity contribution in [2.24, 2.45) is 5.73 Å². The van der Waals surface area contributed by atoms with Crippen LogP contribution in [0.1, 0.15) is 41.2 Å². The molecule has 0 bridgehead atoms. The van der Waals surface area contributed by atoms with Gasteiger partial charge in [0, 0.05) is 30.8 Å². The standard InChI is InChI=1S/C17H22N6O5S/c1-10-2-5-14(17(21-10)19-7-6-15(24)22-11-3-4-11)29(26,27)20-9-12-8-13(16(18)25)23-28-12/h2,5,8,11,20H,3-4,6-7,9H2,1H3,(H2,18,25)(H,19,21)(H,22,24). The molecule has 29 heavy (non-hydrogen) atoms. The number of anilines is 1. The fraction of sp³-hybridized carbons (Fsp3) is 0.412. The Morgan fingerprint density at radius 2 is 2.07 bits per heavy atom. The van der Waals surface area contributed by atoms with Crippen molar-refractivity contribution in [3.8, 4) is 0 Å². The summed E-state index contributed by atoms with van der Waals surface area (Å²) in [5.41, 5.74) is 5.61. The molecule has 5 N–H and O–H groups in total. The molecule has 2 heterocycles. The fourth-order valence-corrected chi connectivity index (χ4v) is 3.57. The molecule has 0 aromatic carbocycles. The molecule has 0 unspecified atom stereocenters. The molecule has 2 aromatic heterocycles. The molecule has 11 nitrogen and oxygen atoms in total. The summed E-state index contributed by atoms with van der Waals surface area (Å²) in [6.45, 7) is 1.75. The van der Waals surface area contributed by atoms with Gasteiger partial charge in [-0.3, -0.25) is 9.59 Å². The molecule has 2 amide bonds. The van der Waals surface area contributed by atoms with Gasteiger partial charge in [0.2, 0.25) is 15.9 Å². The van der Waals surface area contributed by atoms with E-state index >= 15 is 0 Å². The van der Waals surface area contributed by atoms with Crippen LogP contribution < -0.4 is 21.1 Å². The molecule has 0 spiro atoms. The quantitative estimate of drug-likeness (QED) is 0.416. The minimum absolute atomic E-state index is 0.0691. The number of carbonyl (C=O) groups excluding carboxylic acids is 2. The maximum atomic E-state index is 12.7. The van der Waals surface area contributed by atoms with Gasteiger partial charge in [-0.25, -0.2) is 18.1 Å². The fourth-order valence-electron chi connectivity index (χ4n) is 2.47. The summed E-state index contributed by atoms with van der Waals surface area (Å²) in [5.74, 6) is -0.589. The van der Waals surface area contributed by atoms with Crippen molar-refractivity contribution < 1.29 is 22.5 Å². The zero-order chi connectivity index (χ0) is 21.0. The average Bonchev–Trinajstić information content (AvgIpc) is 3.32. The molecule has 12 heteroatoms. The number of sulfonamides is 1. The van der Waals surface area contributed by atoms with Gasteiger partial charge in [0.15, 0.2) is 11.5 Å². The molecular weight excluding hydrogens is 400 g/mol. The molecule has 3 rings (SSSR count). The Hall–Kier alpha value is -2.99. The van der Waals surface area contributed by atoms with Gasteiger partial charge >= 0.3 is 0 Å². The van der Waals surface area contributed by atoms with Crippen molar-refractivity contribution in [1.82, 2.24) is 20.2 Å². The van der Waals surface area contributed by atoms with Crippen LogP contribution in [0.3, 0.4) is 0 Å². The van der Waals surface area contributed by atoms with Gasteiger partial charge in [-0.2, -0.15) is 0 Å². The van der Waals surface area contributed by atoms with Gasteiger partial charge < -0.3 is 20.9 Å². The van der Waals surface area contributed by atoms with E-state index in [9.17, 15) is 18.0 Å². The van der Waals surface area contributed by atoms with Crippen LogP contribution in [0, 0.1) is 6.92 Å². The van der Waals surface area contributed by atoms with Crippen molar-refractivity contribution in [2.75, 3.05) is 11.9 Å². The van der Waals surface area contributed by atoms with Crippen LogP contribution in [0.2, 0.25) is 0 Å². The number of primary amides is 1. The van der Waals surface area contributed by atoms with Crippen molar-refractivity contribution in [3.63, 3.8) is 0 Å². The molecular formula is C17H22N6O5S. The van der Waals surface area contributed by atoms with Crippen molar-refractivity contribution in [3.05, 3.63) is 35.3 Å². The smallest absolute Gasteiger partial charge is 0.270 e.